The molecule has 0 aliphatic carbocycles. The molecule has 5 nitrogen and oxygen atoms in total. The van der Waals surface area contributed by atoms with E-state index in [9.17, 15) is 14.0 Å². The zero-order chi connectivity index (χ0) is 24.2. The number of anilines is 1. The number of ether oxygens (including phenoxy) is 2. The first-order valence-corrected chi connectivity index (χ1v) is 11.6. The Bertz CT molecular complexity index is 1150. The number of thiophene rings is 1. The number of esters is 1. The number of benzene rings is 2. The minimum absolute atomic E-state index is 0.146. The van der Waals surface area contributed by atoms with E-state index in [0.29, 0.717) is 21.9 Å². The molecule has 0 spiro atoms. The summed E-state index contributed by atoms with van der Waals surface area (Å²) < 4.78 is 24.4. The lowest BCUT2D eigenvalue weighted by Crippen LogP contribution is -2.22. The van der Waals surface area contributed by atoms with Gasteiger partial charge in [0.2, 0.25) is 0 Å². The Balaban J connectivity index is 1.81. The van der Waals surface area contributed by atoms with Gasteiger partial charge in [0, 0.05) is 10.9 Å². The van der Waals surface area contributed by atoms with E-state index in [1.807, 2.05) is 19.1 Å². The fourth-order valence-electron chi connectivity index (χ4n) is 3.36. The monoisotopic (exact) mass is 469 g/mol. The molecule has 0 unspecified atom stereocenters. The molecule has 0 radical (unpaired) electrons. The molecule has 3 rings (SSSR count). The summed E-state index contributed by atoms with van der Waals surface area (Å²) in [4.78, 5) is 25.4. The third kappa shape index (κ3) is 5.99. The number of amides is 1. The van der Waals surface area contributed by atoms with Crippen molar-refractivity contribution in [3.05, 3.63) is 70.4 Å². The number of carbonyl (C=O) groups excluding carboxylic acids is 2. The number of aryl methyl sites for hydroxylation is 1. The Morgan fingerprint density at radius 2 is 1.79 bits per heavy atom. The van der Waals surface area contributed by atoms with Gasteiger partial charge >= 0.3 is 5.97 Å². The van der Waals surface area contributed by atoms with Crippen LogP contribution in [0.1, 0.15) is 49.2 Å². The molecule has 174 valence electrons. The summed E-state index contributed by atoms with van der Waals surface area (Å²) >= 11 is 1.21. The first-order chi connectivity index (χ1) is 15.6. The van der Waals surface area contributed by atoms with Crippen LogP contribution in [0.3, 0.4) is 0 Å². The fraction of sp³-hybridized carbons (Fsp3) is 0.308. The van der Waals surface area contributed by atoms with E-state index in [1.165, 1.54) is 23.5 Å². The van der Waals surface area contributed by atoms with Gasteiger partial charge < -0.3 is 14.8 Å². The number of rotatable bonds is 7. The third-order valence-corrected chi connectivity index (χ3v) is 5.88. The molecule has 0 atom stereocenters. The van der Waals surface area contributed by atoms with E-state index in [0.717, 1.165) is 11.1 Å². The highest BCUT2D eigenvalue weighted by atomic mass is 32.1. The smallest absolute Gasteiger partial charge is 0.341 e. The summed E-state index contributed by atoms with van der Waals surface area (Å²) in [5, 5.41) is 4.88. The molecule has 3 aromatic rings. The van der Waals surface area contributed by atoms with Gasteiger partial charge in [0.05, 0.1) is 6.61 Å². The second-order valence-corrected chi connectivity index (χ2v) is 9.55. The largest absolute Gasteiger partial charge is 0.483 e. The Hall–Kier alpha value is -3.19. The van der Waals surface area contributed by atoms with Crippen LogP contribution in [0.15, 0.2) is 47.8 Å². The van der Waals surface area contributed by atoms with Crippen LogP contribution in [-0.4, -0.2) is 25.1 Å². The molecule has 33 heavy (non-hydrogen) atoms. The van der Waals surface area contributed by atoms with E-state index < -0.39 is 11.9 Å². The van der Waals surface area contributed by atoms with Crippen molar-refractivity contribution in [3.63, 3.8) is 0 Å². The van der Waals surface area contributed by atoms with Gasteiger partial charge in [-0.2, -0.15) is 0 Å². The van der Waals surface area contributed by atoms with Gasteiger partial charge in [-0.1, -0.05) is 50.6 Å². The number of nitrogens with one attached hydrogen (secondary N) is 1. The van der Waals surface area contributed by atoms with Crippen LogP contribution in [0.2, 0.25) is 0 Å². The van der Waals surface area contributed by atoms with Gasteiger partial charge in [-0.25, -0.2) is 9.18 Å². The SMILES string of the molecule is CCOC(=O)c1c(-c2ccc(F)cc2)csc1NC(=O)COc1ccc(C)cc1C(C)(C)C. The normalized spacial score (nSPS) is 11.2. The van der Waals surface area contributed by atoms with E-state index in [2.05, 4.69) is 32.2 Å². The lowest BCUT2D eigenvalue weighted by atomic mass is 9.85. The van der Waals surface area contributed by atoms with Gasteiger partial charge in [0.15, 0.2) is 6.61 Å². The quantitative estimate of drug-likeness (QED) is 0.409. The van der Waals surface area contributed by atoms with Crippen molar-refractivity contribution in [2.75, 3.05) is 18.5 Å². The zero-order valence-electron chi connectivity index (χ0n) is 19.5. The van der Waals surface area contributed by atoms with Crippen molar-refractivity contribution in [1.29, 1.82) is 0 Å². The van der Waals surface area contributed by atoms with Crippen molar-refractivity contribution in [1.82, 2.24) is 0 Å². The number of halogens is 1. The molecule has 0 fully saturated rings. The van der Waals surface area contributed by atoms with E-state index >= 15 is 0 Å². The summed E-state index contributed by atoms with van der Waals surface area (Å²) in [7, 11) is 0. The van der Waals surface area contributed by atoms with Crippen LogP contribution in [0.25, 0.3) is 11.1 Å². The van der Waals surface area contributed by atoms with Gasteiger partial charge in [-0.15, -0.1) is 11.3 Å². The van der Waals surface area contributed by atoms with Crippen LogP contribution in [0.5, 0.6) is 5.75 Å². The van der Waals surface area contributed by atoms with E-state index in [-0.39, 0.29) is 30.0 Å². The second kappa shape index (κ2) is 10.2. The molecule has 1 amide bonds. The highest BCUT2D eigenvalue weighted by Gasteiger charge is 2.24. The summed E-state index contributed by atoms with van der Waals surface area (Å²) in [6.45, 7) is 9.96. The topological polar surface area (TPSA) is 64.6 Å². The molecular formula is C26H28FNO4S. The summed E-state index contributed by atoms with van der Waals surface area (Å²) in [6, 6.07) is 11.7. The predicted molar refractivity (Wildman–Crippen MR) is 130 cm³/mol. The molecular weight excluding hydrogens is 441 g/mol. The van der Waals surface area contributed by atoms with Gasteiger partial charge in [0.25, 0.3) is 5.91 Å². The fourth-order valence-corrected chi connectivity index (χ4v) is 4.33. The van der Waals surface area contributed by atoms with Crippen molar-refractivity contribution < 1.29 is 23.5 Å². The molecule has 7 heteroatoms. The van der Waals surface area contributed by atoms with Crippen LogP contribution >= 0.6 is 11.3 Å². The number of hydrogen-bond donors (Lipinski definition) is 1. The summed E-state index contributed by atoms with van der Waals surface area (Å²) in [5.41, 5.74) is 3.45. The molecule has 1 N–H and O–H groups in total. The average molecular weight is 470 g/mol. The molecule has 1 heterocycles. The highest BCUT2D eigenvalue weighted by molar-refractivity contribution is 7.15. The third-order valence-electron chi connectivity index (χ3n) is 4.98. The Morgan fingerprint density at radius 3 is 2.42 bits per heavy atom. The minimum Gasteiger partial charge on any atom is -0.483 e. The maximum Gasteiger partial charge on any atom is 0.341 e. The van der Waals surface area contributed by atoms with E-state index in [4.69, 9.17) is 9.47 Å². The highest BCUT2D eigenvalue weighted by Crippen LogP contribution is 2.36. The van der Waals surface area contributed by atoms with Gasteiger partial charge in [-0.05, 0) is 48.6 Å². The van der Waals surface area contributed by atoms with Gasteiger partial charge in [0.1, 0.15) is 22.1 Å². The second-order valence-electron chi connectivity index (χ2n) is 8.67. The van der Waals surface area contributed by atoms with Crippen molar-refractivity contribution in [3.8, 4) is 16.9 Å². The Labute approximate surface area is 197 Å². The molecule has 0 saturated heterocycles. The van der Waals surface area contributed by atoms with Crippen LogP contribution < -0.4 is 10.1 Å². The molecule has 0 saturated carbocycles. The average Bonchev–Trinajstić information content (AvgIpc) is 3.16. The van der Waals surface area contributed by atoms with Crippen LogP contribution in [-0.2, 0) is 14.9 Å². The Morgan fingerprint density at radius 1 is 1.09 bits per heavy atom. The Kier molecular flexibility index (Phi) is 7.53. The lowest BCUT2D eigenvalue weighted by molar-refractivity contribution is -0.118. The maximum absolute atomic E-state index is 13.3. The zero-order valence-corrected chi connectivity index (χ0v) is 20.3. The molecule has 0 aliphatic rings. The molecule has 1 aromatic heterocycles. The molecule has 0 aliphatic heterocycles. The van der Waals surface area contributed by atoms with E-state index in [1.54, 1.807) is 24.4 Å². The summed E-state index contributed by atoms with van der Waals surface area (Å²) in [6.07, 6.45) is 0. The standard InChI is InChI=1S/C26H28FNO4S/c1-6-31-25(30)23-19(17-8-10-18(27)11-9-17)15-33-24(23)28-22(29)14-32-21-12-7-16(2)13-20(21)26(3,4)5/h7-13,15H,6,14H2,1-5H3,(H,28,29). The number of hydrogen-bond acceptors (Lipinski definition) is 5. The first kappa shape index (κ1) is 24.5. The number of carbonyl (C=O) groups is 2. The summed E-state index contributed by atoms with van der Waals surface area (Å²) in [5.74, 6) is -0.675. The minimum atomic E-state index is -0.553. The van der Waals surface area contributed by atoms with Crippen molar-refractivity contribution in [2.45, 2.75) is 40.0 Å². The van der Waals surface area contributed by atoms with Crippen molar-refractivity contribution >= 4 is 28.2 Å². The maximum atomic E-state index is 13.3. The van der Waals surface area contributed by atoms with Gasteiger partial charge in [-0.3, -0.25) is 4.79 Å². The van der Waals surface area contributed by atoms with Crippen LogP contribution in [0, 0.1) is 12.7 Å². The lowest BCUT2D eigenvalue weighted by Gasteiger charge is -2.23. The van der Waals surface area contributed by atoms with Crippen molar-refractivity contribution in [2.24, 2.45) is 0 Å². The first-order valence-electron chi connectivity index (χ1n) is 10.7. The van der Waals surface area contributed by atoms with Crippen LogP contribution in [0.4, 0.5) is 9.39 Å². The molecule has 0 bridgehead atoms. The predicted octanol–water partition coefficient (Wildman–Crippen LogP) is 6.35. The molecule has 2 aromatic carbocycles.